The molecule has 0 aromatic heterocycles. The number of rotatable bonds is 19. The molecule has 0 saturated carbocycles. The monoisotopic (exact) mass is 380 g/mol. The average molecular weight is 381 g/mol. The molecule has 0 aromatic carbocycles. The highest BCUT2D eigenvalue weighted by atomic mass is 16.5. The van der Waals surface area contributed by atoms with Gasteiger partial charge >= 0.3 is 11.9 Å². The lowest BCUT2D eigenvalue weighted by Gasteiger charge is -2.04. The van der Waals surface area contributed by atoms with Gasteiger partial charge < -0.3 is 9.47 Å². The minimum atomic E-state index is -0.566. The Kier molecular flexibility index (Phi) is 19.5. The third kappa shape index (κ3) is 20.6. The van der Waals surface area contributed by atoms with Gasteiger partial charge in [-0.05, 0) is 6.42 Å². The van der Waals surface area contributed by atoms with Gasteiger partial charge in [0, 0.05) is 12.2 Å². The van der Waals surface area contributed by atoms with Gasteiger partial charge in [-0.1, -0.05) is 103 Å². The Bertz CT molecular complexity index is 401. The van der Waals surface area contributed by atoms with Crippen molar-refractivity contribution in [1.82, 2.24) is 0 Å². The van der Waals surface area contributed by atoms with E-state index >= 15 is 0 Å². The molecular formula is C23H40O4. The van der Waals surface area contributed by atoms with Crippen LogP contribution in [0.4, 0.5) is 0 Å². The molecule has 0 aromatic rings. The standard InChI is InChI=1S/C23H40O4/c1-3-5-6-7-8-9-10-11-12-13-14-15-16-17-21-27-23(25)19-18-22(24)26-20-4-2/h4,18-19H,2-3,5-17,20-21H2,1H3/b19-18+. The normalized spacial score (nSPS) is 10.9. The van der Waals surface area contributed by atoms with Crippen molar-refractivity contribution in [2.24, 2.45) is 0 Å². The molecule has 0 bridgehead atoms. The van der Waals surface area contributed by atoms with E-state index in [1.165, 1.54) is 83.1 Å². The van der Waals surface area contributed by atoms with Crippen molar-refractivity contribution in [1.29, 1.82) is 0 Å². The van der Waals surface area contributed by atoms with E-state index in [1.807, 2.05) is 0 Å². The molecule has 0 aliphatic carbocycles. The summed E-state index contributed by atoms with van der Waals surface area (Å²) in [6.07, 6.45) is 21.8. The van der Waals surface area contributed by atoms with E-state index in [-0.39, 0.29) is 6.61 Å². The maximum absolute atomic E-state index is 11.4. The Morgan fingerprint density at radius 2 is 1.07 bits per heavy atom. The van der Waals surface area contributed by atoms with Crippen LogP contribution in [0.25, 0.3) is 0 Å². The second-order valence-electron chi connectivity index (χ2n) is 7.02. The second-order valence-corrected chi connectivity index (χ2v) is 7.02. The Morgan fingerprint density at radius 1 is 0.667 bits per heavy atom. The first-order valence-electron chi connectivity index (χ1n) is 10.8. The van der Waals surface area contributed by atoms with Gasteiger partial charge in [0.1, 0.15) is 6.61 Å². The molecule has 0 heterocycles. The molecule has 0 rings (SSSR count). The Labute approximate surface area is 166 Å². The average Bonchev–Trinajstić information content (AvgIpc) is 2.67. The lowest BCUT2D eigenvalue weighted by molar-refractivity contribution is -0.140. The predicted octanol–water partition coefficient (Wildman–Crippen LogP) is 6.30. The number of carbonyl (C=O) groups is 2. The molecule has 4 heteroatoms. The summed E-state index contributed by atoms with van der Waals surface area (Å²) in [5.41, 5.74) is 0. The highest BCUT2D eigenvalue weighted by Crippen LogP contribution is 2.12. The molecule has 0 spiro atoms. The largest absolute Gasteiger partial charge is 0.463 e. The Balaban J connectivity index is 3.28. The van der Waals surface area contributed by atoms with Crippen LogP contribution in [0, 0.1) is 0 Å². The number of hydrogen-bond donors (Lipinski definition) is 0. The number of esters is 2. The zero-order chi connectivity index (χ0) is 20.0. The Hall–Kier alpha value is -1.58. The summed E-state index contributed by atoms with van der Waals surface area (Å²) in [7, 11) is 0. The molecule has 0 radical (unpaired) electrons. The lowest BCUT2D eigenvalue weighted by Crippen LogP contribution is -2.05. The summed E-state index contributed by atoms with van der Waals surface area (Å²) >= 11 is 0. The minimum Gasteiger partial charge on any atom is -0.463 e. The van der Waals surface area contributed by atoms with E-state index in [0.29, 0.717) is 6.61 Å². The van der Waals surface area contributed by atoms with Gasteiger partial charge in [0.15, 0.2) is 0 Å². The maximum Gasteiger partial charge on any atom is 0.331 e. The van der Waals surface area contributed by atoms with Gasteiger partial charge in [0.05, 0.1) is 6.61 Å². The van der Waals surface area contributed by atoms with E-state index in [1.54, 1.807) is 0 Å². The van der Waals surface area contributed by atoms with Crippen molar-refractivity contribution >= 4 is 11.9 Å². The molecule has 4 nitrogen and oxygen atoms in total. The first-order chi connectivity index (χ1) is 13.2. The van der Waals surface area contributed by atoms with Crippen molar-refractivity contribution < 1.29 is 19.1 Å². The maximum atomic E-state index is 11.4. The van der Waals surface area contributed by atoms with Crippen molar-refractivity contribution in [3.63, 3.8) is 0 Å². The van der Waals surface area contributed by atoms with Crippen molar-refractivity contribution in [3.8, 4) is 0 Å². The third-order valence-corrected chi connectivity index (χ3v) is 4.44. The lowest BCUT2D eigenvalue weighted by atomic mass is 10.0. The summed E-state index contributed by atoms with van der Waals surface area (Å²) < 4.78 is 9.77. The van der Waals surface area contributed by atoms with Crippen LogP contribution in [-0.2, 0) is 19.1 Å². The van der Waals surface area contributed by atoms with Crippen LogP contribution in [0.1, 0.15) is 96.8 Å². The van der Waals surface area contributed by atoms with E-state index in [9.17, 15) is 9.59 Å². The molecule has 0 atom stereocenters. The SMILES string of the molecule is C=CCOC(=O)/C=C/C(=O)OCCCCCCCCCCCCCCCC. The molecule has 0 saturated heterocycles. The zero-order valence-corrected chi connectivity index (χ0v) is 17.4. The molecular weight excluding hydrogens is 340 g/mol. The predicted molar refractivity (Wildman–Crippen MR) is 112 cm³/mol. The van der Waals surface area contributed by atoms with E-state index in [0.717, 1.165) is 25.0 Å². The van der Waals surface area contributed by atoms with Gasteiger partial charge in [0.25, 0.3) is 0 Å². The molecule has 0 fully saturated rings. The highest BCUT2D eigenvalue weighted by molar-refractivity contribution is 5.91. The van der Waals surface area contributed by atoms with Crippen LogP contribution in [0.15, 0.2) is 24.8 Å². The van der Waals surface area contributed by atoms with Crippen LogP contribution in [-0.4, -0.2) is 25.2 Å². The quantitative estimate of drug-likeness (QED) is 0.114. The van der Waals surface area contributed by atoms with Crippen molar-refractivity contribution in [3.05, 3.63) is 24.8 Å². The fourth-order valence-electron chi connectivity index (χ4n) is 2.84. The molecule has 0 aliphatic heterocycles. The van der Waals surface area contributed by atoms with Gasteiger partial charge in [-0.2, -0.15) is 0 Å². The minimum absolute atomic E-state index is 0.136. The van der Waals surface area contributed by atoms with Gasteiger partial charge in [-0.25, -0.2) is 9.59 Å². The fourth-order valence-corrected chi connectivity index (χ4v) is 2.84. The van der Waals surface area contributed by atoms with Crippen molar-refractivity contribution in [2.45, 2.75) is 96.8 Å². The van der Waals surface area contributed by atoms with E-state index < -0.39 is 11.9 Å². The summed E-state index contributed by atoms with van der Waals surface area (Å²) in [4.78, 5) is 22.6. The third-order valence-electron chi connectivity index (χ3n) is 4.44. The number of carbonyl (C=O) groups excluding carboxylic acids is 2. The summed E-state index contributed by atoms with van der Waals surface area (Å²) in [6, 6.07) is 0. The zero-order valence-electron chi connectivity index (χ0n) is 17.4. The van der Waals surface area contributed by atoms with Crippen LogP contribution in [0.2, 0.25) is 0 Å². The van der Waals surface area contributed by atoms with Crippen molar-refractivity contribution in [2.75, 3.05) is 13.2 Å². The molecule has 156 valence electrons. The second kappa shape index (κ2) is 20.7. The van der Waals surface area contributed by atoms with Crippen LogP contribution >= 0.6 is 0 Å². The van der Waals surface area contributed by atoms with Gasteiger partial charge in [0.2, 0.25) is 0 Å². The van der Waals surface area contributed by atoms with Gasteiger partial charge in [-0.15, -0.1) is 0 Å². The molecule has 27 heavy (non-hydrogen) atoms. The summed E-state index contributed by atoms with van der Waals surface area (Å²) in [5.74, 6) is -1.07. The highest BCUT2D eigenvalue weighted by Gasteiger charge is 2.00. The smallest absolute Gasteiger partial charge is 0.331 e. The van der Waals surface area contributed by atoms with Crippen LogP contribution < -0.4 is 0 Å². The topological polar surface area (TPSA) is 52.6 Å². The number of hydrogen-bond acceptors (Lipinski definition) is 4. The summed E-state index contributed by atoms with van der Waals surface area (Å²) in [6.45, 7) is 6.24. The van der Waals surface area contributed by atoms with Crippen LogP contribution in [0.3, 0.4) is 0 Å². The first kappa shape index (κ1) is 25.4. The first-order valence-corrected chi connectivity index (χ1v) is 10.8. The molecule has 0 aliphatic rings. The van der Waals surface area contributed by atoms with E-state index in [2.05, 4.69) is 13.5 Å². The number of unbranched alkanes of at least 4 members (excludes halogenated alkanes) is 13. The molecule has 0 amide bonds. The Morgan fingerprint density at radius 3 is 1.52 bits per heavy atom. The number of ether oxygens (including phenoxy) is 2. The van der Waals surface area contributed by atoms with Crippen LogP contribution in [0.5, 0.6) is 0 Å². The fraction of sp³-hybridized carbons (Fsp3) is 0.739. The molecule has 0 unspecified atom stereocenters. The summed E-state index contributed by atoms with van der Waals surface area (Å²) in [5, 5.41) is 0. The van der Waals surface area contributed by atoms with Gasteiger partial charge in [-0.3, -0.25) is 0 Å². The molecule has 0 N–H and O–H groups in total. The van der Waals surface area contributed by atoms with E-state index in [4.69, 9.17) is 9.47 Å².